The van der Waals surface area contributed by atoms with Crippen molar-refractivity contribution in [3.8, 4) is 0 Å². The van der Waals surface area contributed by atoms with Crippen LogP contribution in [0.1, 0.15) is 11.4 Å². The van der Waals surface area contributed by atoms with Crippen molar-refractivity contribution >= 4 is 23.3 Å². The first-order valence-electron chi connectivity index (χ1n) is 6.52. The van der Waals surface area contributed by atoms with E-state index >= 15 is 0 Å². The van der Waals surface area contributed by atoms with E-state index in [1.165, 1.54) is 0 Å². The van der Waals surface area contributed by atoms with E-state index in [1.54, 1.807) is 17.3 Å². The summed E-state index contributed by atoms with van der Waals surface area (Å²) < 4.78 is 0. The average Bonchev–Trinajstić information content (AvgIpc) is 2.99. The second-order valence-corrected chi connectivity index (χ2v) is 5.25. The van der Waals surface area contributed by atoms with Gasteiger partial charge in [-0.3, -0.25) is 4.90 Å². The Kier molecular flexibility index (Phi) is 3.36. The molecule has 6 heteroatoms. The molecule has 0 saturated carbocycles. The number of para-hydroxylation sites is 1. The van der Waals surface area contributed by atoms with Crippen molar-refractivity contribution in [3.63, 3.8) is 0 Å². The Balaban J connectivity index is 1.78. The summed E-state index contributed by atoms with van der Waals surface area (Å²) in [5, 5.41) is 0.604. The Morgan fingerprint density at radius 3 is 2.85 bits per heavy atom. The SMILES string of the molecule is Cc1[nH]c[nH+]c1CN1CCN(c2ccccc2Cl)C1=O. The highest BCUT2D eigenvalue weighted by Gasteiger charge is 2.31. The molecule has 0 atom stereocenters. The van der Waals surface area contributed by atoms with Gasteiger partial charge in [-0.2, -0.15) is 0 Å². The number of hydrogen-bond donors (Lipinski definition) is 1. The van der Waals surface area contributed by atoms with Crippen LogP contribution in [0.2, 0.25) is 5.02 Å². The van der Waals surface area contributed by atoms with Crippen molar-refractivity contribution in [3.05, 3.63) is 47.0 Å². The summed E-state index contributed by atoms with van der Waals surface area (Å²) in [6, 6.07) is 7.42. The number of anilines is 1. The number of aromatic nitrogens is 2. The lowest BCUT2D eigenvalue weighted by molar-refractivity contribution is -0.389. The standard InChI is InChI=1S/C14H15ClN4O/c1-10-12(17-9-16-10)8-18-6-7-19(14(18)20)13-5-3-2-4-11(13)15/h2-5,9H,6-8H2,1H3,(H,16,17)/p+1. The van der Waals surface area contributed by atoms with Gasteiger partial charge in [0, 0.05) is 20.0 Å². The van der Waals surface area contributed by atoms with Crippen LogP contribution in [0.3, 0.4) is 0 Å². The molecule has 3 rings (SSSR count). The number of halogens is 1. The maximum Gasteiger partial charge on any atom is 0.325 e. The van der Waals surface area contributed by atoms with Crippen molar-refractivity contribution < 1.29 is 9.78 Å². The van der Waals surface area contributed by atoms with E-state index in [1.807, 2.05) is 30.0 Å². The van der Waals surface area contributed by atoms with Crippen LogP contribution in [0.25, 0.3) is 0 Å². The summed E-state index contributed by atoms with van der Waals surface area (Å²) in [7, 11) is 0. The fraction of sp³-hybridized carbons (Fsp3) is 0.286. The van der Waals surface area contributed by atoms with Crippen LogP contribution in [0.4, 0.5) is 10.5 Å². The fourth-order valence-corrected chi connectivity index (χ4v) is 2.64. The number of nitrogens with one attached hydrogen (secondary N) is 2. The highest BCUT2D eigenvalue weighted by Crippen LogP contribution is 2.28. The van der Waals surface area contributed by atoms with Crippen molar-refractivity contribution in [1.82, 2.24) is 9.88 Å². The second-order valence-electron chi connectivity index (χ2n) is 4.84. The molecule has 1 saturated heterocycles. The molecule has 1 aromatic heterocycles. The Morgan fingerprint density at radius 1 is 1.35 bits per heavy atom. The zero-order chi connectivity index (χ0) is 14.1. The molecule has 20 heavy (non-hydrogen) atoms. The molecule has 0 unspecified atom stereocenters. The van der Waals surface area contributed by atoms with E-state index in [0.717, 1.165) is 17.1 Å². The number of H-pyrrole nitrogens is 2. The summed E-state index contributed by atoms with van der Waals surface area (Å²) in [6.45, 7) is 3.92. The zero-order valence-electron chi connectivity index (χ0n) is 11.2. The number of imidazole rings is 1. The molecule has 104 valence electrons. The topological polar surface area (TPSA) is 53.5 Å². The van der Waals surface area contributed by atoms with Crippen LogP contribution < -0.4 is 9.88 Å². The van der Waals surface area contributed by atoms with Crippen LogP contribution in [0, 0.1) is 6.92 Å². The highest BCUT2D eigenvalue weighted by atomic mass is 35.5. The molecule has 1 aliphatic heterocycles. The zero-order valence-corrected chi connectivity index (χ0v) is 11.9. The molecule has 0 radical (unpaired) electrons. The van der Waals surface area contributed by atoms with E-state index < -0.39 is 0 Å². The molecule has 1 aromatic carbocycles. The molecular weight excluding hydrogens is 276 g/mol. The molecule has 1 fully saturated rings. The predicted octanol–water partition coefficient (Wildman–Crippen LogP) is 2.23. The molecule has 0 bridgehead atoms. The van der Waals surface area contributed by atoms with E-state index in [-0.39, 0.29) is 6.03 Å². The third-order valence-electron chi connectivity index (χ3n) is 3.57. The summed E-state index contributed by atoms with van der Waals surface area (Å²) in [6.07, 6.45) is 1.77. The van der Waals surface area contributed by atoms with Gasteiger partial charge in [-0.25, -0.2) is 14.8 Å². The number of benzene rings is 1. The molecule has 0 aliphatic carbocycles. The van der Waals surface area contributed by atoms with Crippen molar-refractivity contribution in [2.24, 2.45) is 0 Å². The summed E-state index contributed by atoms with van der Waals surface area (Å²) in [5.74, 6) is 0. The van der Waals surface area contributed by atoms with Crippen LogP contribution in [-0.2, 0) is 6.54 Å². The van der Waals surface area contributed by atoms with Gasteiger partial charge in [0.1, 0.15) is 5.69 Å². The highest BCUT2D eigenvalue weighted by molar-refractivity contribution is 6.33. The van der Waals surface area contributed by atoms with E-state index in [2.05, 4.69) is 9.97 Å². The molecule has 2 N–H and O–H groups in total. The van der Waals surface area contributed by atoms with E-state index in [9.17, 15) is 4.79 Å². The second kappa shape index (κ2) is 5.17. The molecule has 1 aliphatic rings. The molecular formula is C14H16ClN4O+. The number of aryl methyl sites for hydroxylation is 1. The summed E-state index contributed by atoms with van der Waals surface area (Å²) >= 11 is 6.16. The largest absolute Gasteiger partial charge is 0.325 e. The fourth-order valence-electron chi connectivity index (χ4n) is 2.41. The third-order valence-corrected chi connectivity index (χ3v) is 3.89. The van der Waals surface area contributed by atoms with Crippen LogP contribution >= 0.6 is 11.6 Å². The number of urea groups is 1. The lowest BCUT2D eigenvalue weighted by Gasteiger charge is -2.18. The maximum absolute atomic E-state index is 12.5. The summed E-state index contributed by atoms with van der Waals surface area (Å²) in [5.41, 5.74) is 2.85. The number of aromatic amines is 2. The van der Waals surface area contributed by atoms with Crippen molar-refractivity contribution in [2.75, 3.05) is 18.0 Å². The van der Waals surface area contributed by atoms with Gasteiger partial charge in [-0.05, 0) is 12.1 Å². The lowest BCUT2D eigenvalue weighted by Crippen LogP contribution is -2.33. The quantitative estimate of drug-likeness (QED) is 0.926. The maximum atomic E-state index is 12.5. The average molecular weight is 292 g/mol. The third kappa shape index (κ3) is 2.25. The van der Waals surface area contributed by atoms with Gasteiger partial charge in [0.05, 0.1) is 17.3 Å². The summed E-state index contributed by atoms with van der Waals surface area (Å²) in [4.78, 5) is 22.2. The molecule has 2 aromatic rings. The van der Waals surface area contributed by atoms with Gasteiger partial charge in [0.2, 0.25) is 6.33 Å². The first-order valence-corrected chi connectivity index (χ1v) is 6.90. The first kappa shape index (κ1) is 13.0. The smallest absolute Gasteiger partial charge is 0.314 e. The van der Waals surface area contributed by atoms with E-state index in [0.29, 0.717) is 24.7 Å². The first-order chi connectivity index (χ1) is 9.66. The Labute approximate surface area is 122 Å². The van der Waals surface area contributed by atoms with Crippen molar-refractivity contribution in [2.45, 2.75) is 13.5 Å². The molecule has 0 spiro atoms. The normalized spacial score (nSPS) is 15.2. The Bertz CT molecular complexity index is 640. The Morgan fingerprint density at radius 2 is 2.15 bits per heavy atom. The Hall–Kier alpha value is -2.01. The number of amides is 2. The van der Waals surface area contributed by atoms with Gasteiger partial charge in [-0.1, -0.05) is 23.7 Å². The van der Waals surface area contributed by atoms with Gasteiger partial charge < -0.3 is 4.90 Å². The number of carbonyl (C=O) groups is 1. The molecule has 2 amide bonds. The number of hydrogen-bond acceptors (Lipinski definition) is 1. The minimum atomic E-state index is -0.00731. The molecule has 2 heterocycles. The number of rotatable bonds is 3. The van der Waals surface area contributed by atoms with Gasteiger partial charge in [-0.15, -0.1) is 0 Å². The van der Waals surface area contributed by atoms with E-state index in [4.69, 9.17) is 11.6 Å². The number of nitrogens with zero attached hydrogens (tertiary/aromatic N) is 2. The van der Waals surface area contributed by atoms with Crippen LogP contribution in [0.15, 0.2) is 30.6 Å². The lowest BCUT2D eigenvalue weighted by atomic mass is 10.3. The minimum absolute atomic E-state index is 0.00731. The van der Waals surface area contributed by atoms with Crippen LogP contribution in [0.5, 0.6) is 0 Å². The monoisotopic (exact) mass is 291 g/mol. The van der Waals surface area contributed by atoms with Crippen molar-refractivity contribution in [1.29, 1.82) is 0 Å². The van der Waals surface area contributed by atoms with Crippen LogP contribution in [-0.4, -0.2) is 29.0 Å². The number of carbonyl (C=O) groups excluding carboxylic acids is 1. The van der Waals surface area contributed by atoms with Gasteiger partial charge >= 0.3 is 6.03 Å². The minimum Gasteiger partial charge on any atom is -0.314 e. The predicted molar refractivity (Wildman–Crippen MR) is 76.7 cm³/mol. The molecule has 5 nitrogen and oxygen atoms in total. The van der Waals surface area contributed by atoms with Gasteiger partial charge in [0.25, 0.3) is 0 Å². The van der Waals surface area contributed by atoms with Gasteiger partial charge in [0.15, 0.2) is 5.69 Å².